The molecule has 1 aliphatic heterocycles. The van der Waals surface area contributed by atoms with E-state index < -0.39 is 0 Å². The van der Waals surface area contributed by atoms with Crippen LogP contribution in [0.25, 0.3) is 27.6 Å². The highest BCUT2D eigenvalue weighted by Gasteiger charge is 2.27. The summed E-state index contributed by atoms with van der Waals surface area (Å²) in [7, 11) is 3.82. The molecule has 4 aromatic rings. The summed E-state index contributed by atoms with van der Waals surface area (Å²) in [6.45, 7) is 2.00. The van der Waals surface area contributed by atoms with E-state index in [1.165, 1.54) is 0 Å². The van der Waals surface area contributed by atoms with E-state index in [9.17, 15) is 5.11 Å². The fourth-order valence-electron chi connectivity index (χ4n) is 3.78. The van der Waals surface area contributed by atoms with Crippen LogP contribution in [-0.2, 0) is 0 Å². The highest BCUT2D eigenvalue weighted by atomic mass is 16.3. The molecule has 6 heteroatoms. The SMILES string of the molecule is Cc1c(-c2c(O)c3ccccc3c3c2=NC(=[N+](C)C)N=3)cnn1-c1ccccc1. The first-order valence-electron chi connectivity index (χ1n) is 9.42. The molecule has 0 unspecified atom stereocenters. The molecule has 0 radical (unpaired) electrons. The number of phenols is 1. The Morgan fingerprint density at radius 2 is 1.52 bits per heavy atom. The van der Waals surface area contributed by atoms with Gasteiger partial charge in [-0.25, -0.2) is 4.68 Å². The monoisotopic (exact) mass is 382 g/mol. The lowest BCUT2D eigenvalue weighted by Crippen LogP contribution is -2.25. The van der Waals surface area contributed by atoms with Crippen LogP contribution in [0.15, 0.2) is 70.8 Å². The molecule has 0 fully saturated rings. The second kappa shape index (κ2) is 6.38. The van der Waals surface area contributed by atoms with Crippen molar-refractivity contribution in [1.29, 1.82) is 0 Å². The van der Waals surface area contributed by atoms with Crippen molar-refractivity contribution in [3.05, 3.63) is 77.2 Å². The molecule has 0 saturated heterocycles. The number of rotatable bonds is 2. The van der Waals surface area contributed by atoms with Gasteiger partial charge < -0.3 is 5.11 Å². The summed E-state index contributed by atoms with van der Waals surface area (Å²) >= 11 is 0. The molecular weight excluding hydrogens is 362 g/mol. The van der Waals surface area contributed by atoms with Crippen molar-refractivity contribution in [2.24, 2.45) is 9.98 Å². The molecule has 3 aromatic carbocycles. The second-order valence-corrected chi connectivity index (χ2v) is 7.28. The number of hydrogen-bond acceptors (Lipinski definition) is 2. The van der Waals surface area contributed by atoms with Crippen molar-refractivity contribution in [3.63, 3.8) is 0 Å². The lowest BCUT2D eigenvalue weighted by atomic mass is 9.98. The molecule has 2 heterocycles. The van der Waals surface area contributed by atoms with Crippen LogP contribution in [0.2, 0.25) is 0 Å². The van der Waals surface area contributed by atoms with E-state index in [2.05, 4.69) is 5.10 Å². The number of aromatic hydroxyl groups is 1. The predicted molar refractivity (Wildman–Crippen MR) is 112 cm³/mol. The summed E-state index contributed by atoms with van der Waals surface area (Å²) in [5.74, 6) is 0.819. The van der Waals surface area contributed by atoms with Crippen LogP contribution in [0.4, 0.5) is 0 Å². The predicted octanol–water partition coefficient (Wildman–Crippen LogP) is 2.59. The van der Waals surface area contributed by atoms with E-state index in [0.29, 0.717) is 16.9 Å². The maximum absolute atomic E-state index is 11.2. The van der Waals surface area contributed by atoms with Crippen molar-refractivity contribution in [3.8, 4) is 22.6 Å². The largest absolute Gasteiger partial charge is 0.507 e. The number of para-hydroxylation sites is 1. The van der Waals surface area contributed by atoms with Crippen LogP contribution >= 0.6 is 0 Å². The van der Waals surface area contributed by atoms with E-state index in [0.717, 1.165) is 33.1 Å². The lowest BCUT2D eigenvalue weighted by Gasteiger charge is -2.08. The molecule has 1 aromatic heterocycles. The van der Waals surface area contributed by atoms with Gasteiger partial charge in [0.1, 0.15) is 5.75 Å². The molecule has 6 nitrogen and oxygen atoms in total. The van der Waals surface area contributed by atoms with Crippen molar-refractivity contribution < 1.29 is 9.68 Å². The number of hydrogen-bond donors (Lipinski definition) is 1. The topological polar surface area (TPSA) is 65.8 Å². The van der Waals surface area contributed by atoms with Gasteiger partial charge in [-0.2, -0.15) is 5.10 Å². The Bertz CT molecular complexity index is 1430. The Morgan fingerprint density at radius 1 is 0.862 bits per heavy atom. The molecule has 1 N–H and O–H groups in total. The van der Waals surface area contributed by atoms with Crippen LogP contribution in [0.5, 0.6) is 5.75 Å². The average molecular weight is 382 g/mol. The lowest BCUT2D eigenvalue weighted by molar-refractivity contribution is -0.466. The van der Waals surface area contributed by atoms with Gasteiger partial charge in [0, 0.05) is 22.0 Å². The minimum absolute atomic E-state index is 0.203. The van der Waals surface area contributed by atoms with Crippen LogP contribution in [0.3, 0.4) is 0 Å². The first-order chi connectivity index (χ1) is 14.1. The Balaban J connectivity index is 1.88. The molecule has 0 spiro atoms. The maximum atomic E-state index is 11.2. The molecule has 0 aliphatic carbocycles. The first kappa shape index (κ1) is 17.3. The third kappa shape index (κ3) is 2.56. The molecule has 142 valence electrons. The van der Waals surface area contributed by atoms with Crippen molar-refractivity contribution in [2.45, 2.75) is 6.92 Å². The van der Waals surface area contributed by atoms with Crippen molar-refractivity contribution in [2.75, 3.05) is 14.1 Å². The van der Waals surface area contributed by atoms with E-state index in [1.807, 2.05) is 84.9 Å². The summed E-state index contributed by atoms with van der Waals surface area (Å²) in [6.07, 6.45) is 1.79. The molecule has 5 rings (SSSR count). The number of benzene rings is 3. The Kier molecular flexibility index (Phi) is 3.81. The third-order valence-electron chi connectivity index (χ3n) is 5.24. The second-order valence-electron chi connectivity index (χ2n) is 7.28. The highest BCUT2D eigenvalue weighted by molar-refractivity contribution is 5.96. The van der Waals surface area contributed by atoms with Gasteiger partial charge in [-0.15, -0.1) is 0 Å². The zero-order valence-electron chi connectivity index (χ0n) is 16.5. The molecular formula is C23H20N5O+. The molecule has 0 amide bonds. The molecule has 0 saturated carbocycles. The molecule has 1 aliphatic rings. The normalized spacial score (nSPS) is 12.6. The minimum atomic E-state index is 0.203. The number of phenolic OH excluding ortho intramolecular Hbond substituents is 1. The van der Waals surface area contributed by atoms with Crippen molar-refractivity contribution >= 4 is 16.7 Å². The standard InChI is InChI=1S/C23H19N5O/c1-14-18(13-24-28(14)15-9-5-4-6-10-15)19-21-20(25-23(26-21)27(2)3)16-11-7-8-12-17(16)22(19)29/h4-13H,1-3H3/p+1. The Hall–Kier alpha value is -3.80. The summed E-state index contributed by atoms with van der Waals surface area (Å²) in [6, 6.07) is 17.7. The summed E-state index contributed by atoms with van der Waals surface area (Å²) < 4.78 is 3.74. The zero-order valence-corrected chi connectivity index (χ0v) is 16.5. The molecule has 29 heavy (non-hydrogen) atoms. The minimum Gasteiger partial charge on any atom is -0.507 e. The van der Waals surface area contributed by atoms with Crippen LogP contribution < -0.4 is 10.7 Å². The first-order valence-corrected chi connectivity index (χ1v) is 9.42. The maximum Gasteiger partial charge on any atom is 0.429 e. The number of fused-ring (bicyclic) bond motifs is 3. The van der Waals surface area contributed by atoms with E-state index in [1.54, 1.807) is 6.20 Å². The van der Waals surface area contributed by atoms with Crippen LogP contribution in [-0.4, -0.2) is 39.5 Å². The number of nitrogens with zero attached hydrogens (tertiary/aromatic N) is 5. The van der Waals surface area contributed by atoms with Gasteiger partial charge in [-0.1, -0.05) is 52.4 Å². The van der Waals surface area contributed by atoms with Gasteiger partial charge in [-0.3, -0.25) is 4.58 Å². The summed E-state index contributed by atoms with van der Waals surface area (Å²) in [4.78, 5) is 9.48. The third-order valence-corrected chi connectivity index (χ3v) is 5.24. The Morgan fingerprint density at radius 3 is 2.24 bits per heavy atom. The quantitative estimate of drug-likeness (QED) is 0.542. The van der Waals surface area contributed by atoms with Gasteiger partial charge in [0.15, 0.2) is 10.7 Å². The summed E-state index contributed by atoms with van der Waals surface area (Å²) in [5, 5.41) is 18.9. The fourth-order valence-corrected chi connectivity index (χ4v) is 3.78. The van der Waals surface area contributed by atoms with Gasteiger partial charge in [-0.05, 0) is 19.1 Å². The average Bonchev–Trinajstić information content (AvgIpc) is 3.34. The van der Waals surface area contributed by atoms with E-state index >= 15 is 0 Å². The fraction of sp³-hybridized carbons (Fsp3) is 0.130. The van der Waals surface area contributed by atoms with Gasteiger partial charge >= 0.3 is 5.96 Å². The zero-order chi connectivity index (χ0) is 20.1. The van der Waals surface area contributed by atoms with E-state index in [4.69, 9.17) is 9.98 Å². The Labute approximate surface area is 167 Å². The highest BCUT2D eigenvalue weighted by Crippen LogP contribution is 2.34. The van der Waals surface area contributed by atoms with Gasteiger partial charge in [0.2, 0.25) is 0 Å². The summed E-state index contributed by atoms with van der Waals surface area (Å²) in [5.41, 5.74) is 3.40. The van der Waals surface area contributed by atoms with Gasteiger partial charge in [0.25, 0.3) is 0 Å². The van der Waals surface area contributed by atoms with Crippen LogP contribution in [0.1, 0.15) is 5.69 Å². The molecule has 0 atom stereocenters. The van der Waals surface area contributed by atoms with Crippen LogP contribution in [0, 0.1) is 6.92 Å². The van der Waals surface area contributed by atoms with Gasteiger partial charge in [0.05, 0.1) is 31.5 Å². The molecule has 0 bridgehead atoms. The number of aromatic nitrogens is 2. The smallest absolute Gasteiger partial charge is 0.429 e. The van der Waals surface area contributed by atoms with E-state index in [-0.39, 0.29) is 5.75 Å². The van der Waals surface area contributed by atoms with Crippen molar-refractivity contribution in [1.82, 2.24) is 9.78 Å². The number of guanidine groups is 1.